The van der Waals surface area contributed by atoms with E-state index in [0.717, 1.165) is 109 Å². The summed E-state index contributed by atoms with van der Waals surface area (Å²) in [7, 11) is -9.87. The van der Waals surface area contributed by atoms with E-state index >= 15 is 0 Å². The van der Waals surface area contributed by atoms with Crippen molar-refractivity contribution in [2.75, 3.05) is 39.6 Å². The topological polar surface area (TPSA) is 237 Å². The lowest BCUT2D eigenvalue weighted by molar-refractivity contribution is -0.161. The molecule has 80 heavy (non-hydrogen) atoms. The molecule has 0 aromatic rings. The maximum atomic E-state index is 12.9. The predicted octanol–water partition coefficient (Wildman–Crippen LogP) is 16.5. The van der Waals surface area contributed by atoms with Gasteiger partial charge in [0.2, 0.25) is 0 Å². The third-order valence-electron chi connectivity index (χ3n) is 14.3. The van der Waals surface area contributed by atoms with Crippen LogP contribution in [0.15, 0.2) is 0 Å². The van der Waals surface area contributed by atoms with Crippen LogP contribution in [-0.2, 0) is 65.4 Å². The molecule has 3 unspecified atom stereocenters. The fraction of sp³-hybridized carbons (Fsp3) is 0.934. The van der Waals surface area contributed by atoms with Crippen LogP contribution in [-0.4, -0.2) is 96.7 Å². The molecule has 0 spiro atoms. The summed E-state index contributed by atoms with van der Waals surface area (Å²) in [5.41, 5.74) is 0. The van der Waals surface area contributed by atoms with E-state index in [2.05, 4.69) is 41.5 Å². The van der Waals surface area contributed by atoms with Gasteiger partial charge in [0, 0.05) is 25.7 Å². The summed E-state index contributed by atoms with van der Waals surface area (Å²) in [4.78, 5) is 71.8. The van der Waals surface area contributed by atoms with Crippen molar-refractivity contribution in [1.29, 1.82) is 0 Å². The van der Waals surface area contributed by atoms with Crippen molar-refractivity contribution in [2.24, 2.45) is 11.8 Å². The van der Waals surface area contributed by atoms with Crippen molar-refractivity contribution in [3.05, 3.63) is 0 Å². The van der Waals surface area contributed by atoms with Gasteiger partial charge in [0.25, 0.3) is 0 Å². The molecule has 19 heteroatoms. The van der Waals surface area contributed by atoms with Crippen molar-refractivity contribution >= 4 is 39.5 Å². The van der Waals surface area contributed by atoms with E-state index < -0.39 is 97.5 Å². The number of aliphatic hydroxyl groups is 1. The van der Waals surface area contributed by atoms with Crippen LogP contribution in [0, 0.1) is 11.8 Å². The lowest BCUT2D eigenvalue weighted by Gasteiger charge is -2.21. The Morgan fingerprint density at radius 2 is 0.637 bits per heavy atom. The minimum atomic E-state index is -4.94. The predicted molar refractivity (Wildman–Crippen MR) is 317 cm³/mol. The van der Waals surface area contributed by atoms with Gasteiger partial charge in [0.15, 0.2) is 12.2 Å². The van der Waals surface area contributed by atoms with E-state index in [1.807, 2.05) is 0 Å². The van der Waals surface area contributed by atoms with Gasteiger partial charge in [-0.15, -0.1) is 0 Å². The highest BCUT2D eigenvalue weighted by Gasteiger charge is 2.30. The van der Waals surface area contributed by atoms with Crippen LogP contribution in [0.5, 0.6) is 0 Å². The first kappa shape index (κ1) is 78.1. The average Bonchev–Trinajstić information content (AvgIpc) is 3.42. The number of unbranched alkanes of at least 4 members (excludes halogenated alkanes) is 29. The van der Waals surface area contributed by atoms with Crippen LogP contribution >= 0.6 is 15.6 Å². The standard InChI is InChI=1S/C61H118O17P2/c1-7-10-12-14-15-16-17-18-19-20-21-22-25-33-39-45-60(65)77-57(50-72-59(64)44-38-32-26-23-24-30-35-41-53(4)5)52-76-80(69,70)74-48-55(62)47-73-79(67,68)75-51-56(49-71-58(63)43-37-29-13-11-8-2)78-61(66)46-40-34-28-27-31-36-42-54(6)9-3/h53-57,62H,7-52H2,1-6H3,(H,67,68)(H,69,70)/t54?,55-,56+,57+/m0/s1. The van der Waals surface area contributed by atoms with Gasteiger partial charge < -0.3 is 33.8 Å². The molecule has 0 aromatic carbocycles. The van der Waals surface area contributed by atoms with E-state index in [4.69, 9.17) is 37.0 Å². The Bertz CT molecular complexity index is 1580. The zero-order valence-electron chi connectivity index (χ0n) is 51.4. The number of phosphoric ester groups is 2. The van der Waals surface area contributed by atoms with Gasteiger partial charge in [0.1, 0.15) is 19.3 Å². The Morgan fingerprint density at radius 1 is 0.362 bits per heavy atom. The van der Waals surface area contributed by atoms with E-state index in [1.165, 1.54) is 103 Å². The SMILES string of the molecule is CCCCCCCCCCCCCCCCCC(=O)O[C@H](COC(=O)CCCCCCCCCC(C)C)COP(=O)(O)OC[C@@H](O)COP(=O)(O)OC[C@@H](COC(=O)CCCCCCC)OC(=O)CCCCCCCCC(C)CC. The zero-order valence-corrected chi connectivity index (χ0v) is 53.2. The number of hydrogen-bond acceptors (Lipinski definition) is 15. The van der Waals surface area contributed by atoms with Crippen molar-refractivity contribution in [2.45, 2.75) is 317 Å². The minimum absolute atomic E-state index is 0.102. The summed E-state index contributed by atoms with van der Waals surface area (Å²) in [5.74, 6) is -0.726. The Balaban J connectivity index is 5.18. The molecule has 0 saturated heterocycles. The molecule has 6 atom stereocenters. The number of carbonyl (C=O) groups is 4. The van der Waals surface area contributed by atoms with Gasteiger partial charge in [-0.2, -0.15) is 0 Å². The quantitative estimate of drug-likeness (QED) is 0.0222. The lowest BCUT2D eigenvalue weighted by atomic mass is 10.00. The van der Waals surface area contributed by atoms with Gasteiger partial charge in [-0.25, -0.2) is 9.13 Å². The Labute approximate surface area is 486 Å². The van der Waals surface area contributed by atoms with Gasteiger partial charge in [-0.1, -0.05) is 247 Å². The molecule has 0 rings (SSSR count). The first-order valence-corrected chi connectivity index (χ1v) is 35.0. The number of phosphoric acid groups is 2. The van der Waals surface area contributed by atoms with Crippen molar-refractivity contribution in [3.8, 4) is 0 Å². The smallest absolute Gasteiger partial charge is 0.462 e. The summed E-state index contributed by atoms with van der Waals surface area (Å²) in [5, 5.41) is 10.5. The number of hydrogen-bond donors (Lipinski definition) is 3. The van der Waals surface area contributed by atoms with Crippen molar-refractivity contribution < 1.29 is 80.2 Å². The fourth-order valence-electron chi connectivity index (χ4n) is 8.97. The first-order valence-electron chi connectivity index (χ1n) is 32.0. The molecule has 0 fully saturated rings. The van der Waals surface area contributed by atoms with Gasteiger partial charge in [0.05, 0.1) is 26.4 Å². The van der Waals surface area contributed by atoms with Gasteiger partial charge in [-0.3, -0.25) is 37.3 Å². The molecule has 3 N–H and O–H groups in total. The summed E-state index contributed by atoms with van der Waals surface area (Å²) in [6, 6.07) is 0. The summed E-state index contributed by atoms with van der Waals surface area (Å²) in [6.45, 7) is 9.28. The fourth-order valence-corrected chi connectivity index (χ4v) is 10.5. The molecule has 0 aliphatic heterocycles. The van der Waals surface area contributed by atoms with Crippen LogP contribution in [0.3, 0.4) is 0 Å². The van der Waals surface area contributed by atoms with Crippen molar-refractivity contribution in [3.63, 3.8) is 0 Å². The van der Waals surface area contributed by atoms with Crippen LogP contribution < -0.4 is 0 Å². The molecule has 0 saturated carbocycles. The average molecular weight is 1190 g/mol. The molecule has 0 amide bonds. The van der Waals surface area contributed by atoms with E-state index in [0.29, 0.717) is 31.6 Å². The lowest BCUT2D eigenvalue weighted by Crippen LogP contribution is -2.30. The van der Waals surface area contributed by atoms with Crippen LogP contribution in [0.1, 0.15) is 298 Å². The Morgan fingerprint density at radius 3 is 0.950 bits per heavy atom. The second kappa shape index (κ2) is 53.8. The number of rotatable bonds is 60. The second-order valence-corrected chi connectivity index (χ2v) is 25.7. The number of aliphatic hydroxyl groups excluding tert-OH is 1. The Hall–Kier alpha value is -1.94. The Kier molecular flexibility index (Phi) is 52.5. The molecular formula is C61H118O17P2. The largest absolute Gasteiger partial charge is 0.472 e. The maximum Gasteiger partial charge on any atom is 0.472 e. The summed E-state index contributed by atoms with van der Waals surface area (Å²) in [6.07, 6.45) is 35.3. The molecule has 17 nitrogen and oxygen atoms in total. The summed E-state index contributed by atoms with van der Waals surface area (Å²) < 4.78 is 67.7. The molecule has 0 aromatic heterocycles. The summed E-state index contributed by atoms with van der Waals surface area (Å²) >= 11 is 0. The molecular weight excluding hydrogens is 1070 g/mol. The molecule has 0 bridgehead atoms. The van der Waals surface area contributed by atoms with Crippen molar-refractivity contribution in [1.82, 2.24) is 0 Å². The van der Waals surface area contributed by atoms with Crippen LogP contribution in [0.4, 0.5) is 0 Å². The van der Waals surface area contributed by atoms with E-state index in [-0.39, 0.29) is 25.7 Å². The van der Waals surface area contributed by atoms with Crippen LogP contribution in [0.2, 0.25) is 0 Å². The van der Waals surface area contributed by atoms with E-state index in [9.17, 15) is 43.2 Å². The zero-order chi connectivity index (χ0) is 59.4. The molecule has 0 heterocycles. The highest BCUT2D eigenvalue weighted by Crippen LogP contribution is 2.45. The molecule has 0 aliphatic rings. The number of carbonyl (C=O) groups excluding carboxylic acids is 4. The van der Waals surface area contributed by atoms with Gasteiger partial charge >= 0.3 is 39.5 Å². The van der Waals surface area contributed by atoms with Gasteiger partial charge in [-0.05, 0) is 37.5 Å². The third-order valence-corrected chi connectivity index (χ3v) is 16.2. The minimum Gasteiger partial charge on any atom is -0.462 e. The van der Waals surface area contributed by atoms with Crippen LogP contribution in [0.25, 0.3) is 0 Å². The number of esters is 4. The highest BCUT2D eigenvalue weighted by molar-refractivity contribution is 7.47. The molecule has 0 aliphatic carbocycles. The first-order chi connectivity index (χ1) is 38.4. The third kappa shape index (κ3) is 54.0. The second-order valence-electron chi connectivity index (χ2n) is 22.8. The molecule has 0 radical (unpaired) electrons. The highest BCUT2D eigenvalue weighted by atomic mass is 31.2. The number of ether oxygens (including phenoxy) is 4. The normalized spacial score (nSPS) is 14.7. The van der Waals surface area contributed by atoms with E-state index in [1.54, 1.807) is 0 Å². The monoisotopic (exact) mass is 1180 g/mol. The molecule has 474 valence electrons. The maximum absolute atomic E-state index is 12.9.